The van der Waals surface area contributed by atoms with Gasteiger partial charge in [0.15, 0.2) is 0 Å². The first-order valence-corrected chi connectivity index (χ1v) is 21.5. The van der Waals surface area contributed by atoms with E-state index in [0.717, 1.165) is 37.2 Å². The normalized spacial score (nSPS) is 20.3. The molecule has 2 unspecified atom stereocenters. The summed E-state index contributed by atoms with van der Waals surface area (Å²) >= 11 is 0. The van der Waals surface area contributed by atoms with Crippen LogP contribution in [0.4, 0.5) is 0 Å². The molecule has 2 nitrogen and oxygen atoms in total. The zero-order valence-corrected chi connectivity index (χ0v) is 32.4. The van der Waals surface area contributed by atoms with Crippen molar-refractivity contribution in [3.63, 3.8) is 0 Å². The van der Waals surface area contributed by atoms with Gasteiger partial charge in [-0.1, -0.05) is 162 Å². The van der Waals surface area contributed by atoms with Crippen LogP contribution in [-0.4, -0.2) is 5.79 Å². The van der Waals surface area contributed by atoms with Crippen LogP contribution in [0, 0.1) is 39.5 Å². The third-order valence-electron chi connectivity index (χ3n) is 11.5. The van der Waals surface area contributed by atoms with Crippen LogP contribution in [0.1, 0.15) is 52.6 Å². The van der Waals surface area contributed by atoms with E-state index < -0.39 is 21.6 Å². The third kappa shape index (κ3) is 5.99. The number of rotatable bonds is 6. The van der Waals surface area contributed by atoms with Gasteiger partial charge in [0.25, 0.3) is 5.79 Å². The molecule has 4 heteroatoms. The summed E-state index contributed by atoms with van der Waals surface area (Å²) in [7, 11) is -1.70. The van der Waals surface area contributed by atoms with Crippen LogP contribution in [0.25, 0.3) is 0 Å². The van der Waals surface area contributed by atoms with E-state index in [9.17, 15) is 0 Å². The Balaban J connectivity index is 1.18. The molecule has 3 atom stereocenters. The molecule has 0 aromatic heterocycles. The SMILES string of the molecule is Cc1ccc(P(c2ccc(C)cc2)c2cccc3c2OC24Oc5c(cccc5P(c5ccc(C)cc5)c5ccc(C)cc5)C[C@H]2CCCC4C3)cc1. The molecule has 0 saturated heterocycles. The highest BCUT2D eigenvalue weighted by Gasteiger charge is 2.57. The average Bonchev–Trinajstić information content (AvgIpc) is 3.16. The minimum atomic E-state index is -0.850. The molecule has 9 rings (SSSR count). The maximum atomic E-state index is 7.67. The van der Waals surface area contributed by atoms with Crippen LogP contribution in [0.15, 0.2) is 133 Å². The molecule has 0 bridgehead atoms. The van der Waals surface area contributed by atoms with Crippen LogP contribution in [0.2, 0.25) is 0 Å². The molecule has 6 aromatic carbocycles. The number of ether oxygens (including phenoxy) is 2. The minimum absolute atomic E-state index is 0.296. The fourth-order valence-corrected chi connectivity index (χ4v) is 13.5. The number of para-hydroxylation sites is 2. The van der Waals surface area contributed by atoms with Gasteiger partial charge < -0.3 is 9.47 Å². The van der Waals surface area contributed by atoms with Gasteiger partial charge in [0.1, 0.15) is 11.5 Å². The van der Waals surface area contributed by atoms with Crippen molar-refractivity contribution in [3.05, 3.63) is 167 Å². The zero-order chi connectivity index (χ0) is 35.4. The monoisotopic (exact) mass is 716 g/mol. The summed E-state index contributed by atoms with van der Waals surface area (Å²) < 4.78 is 15.3. The first-order valence-electron chi connectivity index (χ1n) is 18.8. The molecule has 1 aliphatic carbocycles. The highest BCUT2D eigenvalue weighted by molar-refractivity contribution is 7.80. The molecule has 1 fully saturated rings. The van der Waals surface area contributed by atoms with Crippen molar-refractivity contribution in [1.29, 1.82) is 0 Å². The lowest BCUT2D eigenvalue weighted by molar-refractivity contribution is -0.225. The van der Waals surface area contributed by atoms with E-state index in [1.54, 1.807) is 0 Å². The second kappa shape index (κ2) is 13.6. The molecule has 1 saturated carbocycles. The molecule has 0 amide bonds. The van der Waals surface area contributed by atoms with Crippen LogP contribution in [0.5, 0.6) is 11.5 Å². The zero-order valence-electron chi connectivity index (χ0n) is 30.6. The standard InChI is InChI=1S/C48H46O2P2/c1-32-14-22-40(23-15-32)51(41-24-16-33(2)17-25-41)44-12-5-8-36-30-38-10-7-11-39-31-37-9-6-13-45(47(37)50-48(38,39)49-46(36)44)52(42-26-18-34(3)19-27-42)43-28-20-35(4)21-29-43/h5-6,8-9,12-29,38-39H,7,10-11,30-31H2,1-4H3/t38-,39?,48?/m1/s1. The van der Waals surface area contributed by atoms with E-state index in [-0.39, 0.29) is 0 Å². The third-order valence-corrected chi connectivity index (χ3v) is 16.4. The van der Waals surface area contributed by atoms with Crippen LogP contribution in [0.3, 0.4) is 0 Å². The molecule has 1 spiro atoms. The van der Waals surface area contributed by atoms with Crippen molar-refractivity contribution in [1.82, 2.24) is 0 Å². The second-order valence-corrected chi connectivity index (χ2v) is 19.6. The highest BCUT2D eigenvalue weighted by Crippen LogP contribution is 2.55. The summed E-state index contributed by atoms with van der Waals surface area (Å²) in [4.78, 5) is 0. The molecule has 260 valence electrons. The maximum absolute atomic E-state index is 7.67. The summed E-state index contributed by atoms with van der Waals surface area (Å²) in [5.74, 6) is 2.00. The Morgan fingerprint density at radius 2 is 0.769 bits per heavy atom. The Labute approximate surface area is 311 Å². The summed E-state index contributed by atoms with van der Waals surface area (Å²) in [6, 6.07) is 50.4. The van der Waals surface area contributed by atoms with Gasteiger partial charge in [0, 0.05) is 22.4 Å². The Morgan fingerprint density at radius 1 is 0.442 bits per heavy atom. The number of aryl methyl sites for hydroxylation is 4. The first kappa shape index (κ1) is 33.6. The van der Waals surface area contributed by atoms with Gasteiger partial charge in [-0.3, -0.25) is 0 Å². The maximum Gasteiger partial charge on any atom is 0.257 e. The Bertz CT molecular complexity index is 1970. The molecular formula is C48H46O2P2. The second-order valence-electron chi connectivity index (χ2n) is 15.2. The van der Waals surface area contributed by atoms with Crippen molar-refractivity contribution in [3.8, 4) is 11.5 Å². The van der Waals surface area contributed by atoms with Gasteiger partial charge in [-0.2, -0.15) is 0 Å². The van der Waals surface area contributed by atoms with Crippen molar-refractivity contribution in [2.45, 2.75) is 65.6 Å². The van der Waals surface area contributed by atoms with Gasteiger partial charge in [-0.25, -0.2) is 0 Å². The smallest absolute Gasteiger partial charge is 0.257 e. The van der Waals surface area contributed by atoms with Crippen LogP contribution < -0.4 is 41.3 Å². The molecule has 0 N–H and O–H groups in total. The van der Waals surface area contributed by atoms with E-state index in [1.807, 2.05) is 0 Å². The molecule has 3 aliphatic rings. The fraction of sp³-hybridized carbons (Fsp3) is 0.250. The van der Waals surface area contributed by atoms with Gasteiger partial charge in [0.05, 0.1) is 0 Å². The first-order chi connectivity index (χ1) is 25.4. The molecule has 2 heterocycles. The number of hydrogen-bond donors (Lipinski definition) is 0. The predicted octanol–water partition coefficient (Wildman–Crippen LogP) is 9.12. The Kier molecular flexibility index (Phi) is 8.82. The summed E-state index contributed by atoms with van der Waals surface area (Å²) in [5.41, 5.74) is 7.77. The molecule has 6 aromatic rings. The van der Waals surface area contributed by atoms with E-state index in [1.165, 1.54) is 71.6 Å². The minimum Gasteiger partial charge on any atom is -0.451 e. The lowest BCUT2D eigenvalue weighted by Gasteiger charge is -2.54. The van der Waals surface area contributed by atoms with E-state index in [0.29, 0.717) is 11.8 Å². The van der Waals surface area contributed by atoms with E-state index in [2.05, 4.69) is 161 Å². The van der Waals surface area contributed by atoms with Crippen molar-refractivity contribution < 1.29 is 9.47 Å². The van der Waals surface area contributed by atoms with E-state index in [4.69, 9.17) is 9.47 Å². The van der Waals surface area contributed by atoms with Gasteiger partial charge in [0.2, 0.25) is 0 Å². The predicted molar refractivity (Wildman–Crippen MR) is 221 cm³/mol. The lowest BCUT2D eigenvalue weighted by Crippen LogP contribution is -2.62. The van der Waals surface area contributed by atoms with E-state index >= 15 is 0 Å². The Hall–Kier alpha value is -4.22. The summed E-state index contributed by atoms with van der Waals surface area (Å²) in [6.45, 7) is 8.68. The van der Waals surface area contributed by atoms with Crippen LogP contribution >= 0.6 is 15.8 Å². The average molecular weight is 717 g/mol. The molecule has 52 heavy (non-hydrogen) atoms. The van der Waals surface area contributed by atoms with Crippen LogP contribution in [-0.2, 0) is 12.8 Å². The summed E-state index contributed by atoms with van der Waals surface area (Å²) in [5, 5.41) is 7.98. The molecule has 0 radical (unpaired) electrons. The van der Waals surface area contributed by atoms with Crippen molar-refractivity contribution >= 4 is 47.7 Å². The topological polar surface area (TPSA) is 18.5 Å². The number of hydrogen-bond acceptors (Lipinski definition) is 2. The van der Waals surface area contributed by atoms with Crippen molar-refractivity contribution in [2.75, 3.05) is 0 Å². The quantitative estimate of drug-likeness (QED) is 0.160. The van der Waals surface area contributed by atoms with Gasteiger partial charge in [-0.05, 0) is 102 Å². The number of fused-ring (bicyclic) bond motifs is 2. The largest absolute Gasteiger partial charge is 0.451 e. The van der Waals surface area contributed by atoms with Crippen molar-refractivity contribution in [2.24, 2.45) is 11.8 Å². The molecule has 2 aliphatic heterocycles. The van der Waals surface area contributed by atoms with Gasteiger partial charge >= 0.3 is 0 Å². The fourth-order valence-electron chi connectivity index (χ4n) is 8.72. The lowest BCUT2D eigenvalue weighted by atomic mass is 9.68. The number of benzene rings is 6. The molecular weight excluding hydrogens is 670 g/mol. The van der Waals surface area contributed by atoms with Gasteiger partial charge in [-0.15, -0.1) is 0 Å². The summed E-state index contributed by atoms with van der Waals surface area (Å²) in [6.07, 6.45) is 5.41. The Morgan fingerprint density at radius 3 is 1.10 bits per heavy atom. The highest BCUT2D eigenvalue weighted by atomic mass is 31.1.